The van der Waals surface area contributed by atoms with Gasteiger partial charge in [-0.05, 0) is 49.6 Å². The molecule has 0 saturated carbocycles. The van der Waals surface area contributed by atoms with Crippen molar-refractivity contribution < 1.29 is 42.1 Å². The third kappa shape index (κ3) is 11.8. The Kier molecular flexibility index (Phi) is 12.9. The SMILES string of the molecule is CCOC(Cc1ccc(OCCN(CCOCCCC(F)(F)F)C(=O)Nc2ccccc2C)cc1)C(=O)O. The van der Waals surface area contributed by atoms with Crippen molar-refractivity contribution in [3.63, 3.8) is 0 Å². The van der Waals surface area contributed by atoms with Crippen LogP contribution >= 0.6 is 0 Å². The summed E-state index contributed by atoms with van der Waals surface area (Å²) in [6.45, 7) is 4.45. The van der Waals surface area contributed by atoms with Crippen molar-refractivity contribution in [1.82, 2.24) is 4.90 Å². The molecule has 1 atom stereocenters. The summed E-state index contributed by atoms with van der Waals surface area (Å²) in [7, 11) is 0. The van der Waals surface area contributed by atoms with E-state index in [0.717, 1.165) is 11.1 Å². The van der Waals surface area contributed by atoms with E-state index < -0.39 is 24.7 Å². The van der Waals surface area contributed by atoms with Crippen LogP contribution in [0.25, 0.3) is 0 Å². The van der Waals surface area contributed by atoms with Crippen molar-refractivity contribution in [3.05, 3.63) is 59.7 Å². The Labute approximate surface area is 220 Å². The molecule has 0 aliphatic heterocycles. The summed E-state index contributed by atoms with van der Waals surface area (Å²) >= 11 is 0. The van der Waals surface area contributed by atoms with Gasteiger partial charge >= 0.3 is 18.2 Å². The molecule has 0 aliphatic carbocycles. The second kappa shape index (κ2) is 15.8. The minimum Gasteiger partial charge on any atom is -0.492 e. The average Bonchev–Trinajstić information content (AvgIpc) is 2.86. The zero-order valence-corrected chi connectivity index (χ0v) is 21.6. The number of halogens is 3. The lowest BCUT2D eigenvalue weighted by Crippen LogP contribution is -2.40. The van der Waals surface area contributed by atoms with E-state index in [9.17, 15) is 27.9 Å². The van der Waals surface area contributed by atoms with Crippen molar-refractivity contribution in [2.24, 2.45) is 0 Å². The molecule has 2 aromatic carbocycles. The number of aliphatic carboxylic acids is 1. The number of nitrogens with zero attached hydrogens (tertiary/aromatic N) is 1. The molecule has 0 saturated heterocycles. The highest BCUT2D eigenvalue weighted by molar-refractivity contribution is 5.90. The van der Waals surface area contributed by atoms with Crippen molar-refractivity contribution in [2.75, 3.05) is 44.8 Å². The van der Waals surface area contributed by atoms with Gasteiger partial charge < -0.3 is 29.5 Å². The summed E-state index contributed by atoms with van der Waals surface area (Å²) in [4.78, 5) is 25.7. The topological polar surface area (TPSA) is 97.3 Å². The van der Waals surface area contributed by atoms with E-state index in [1.807, 2.05) is 19.1 Å². The smallest absolute Gasteiger partial charge is 0.389 e. The number of carbonyl (C=O) groups is 2. The number of amides is 2. The molecule has 0 aliphatic rings. The molecule has 0 spiro atoms. The molecule has 2 N–H and O–H groups in total. The van der Waals surface area contributed by atoms with E-state index in [1.165, 1.54) is 4.90 Å². The normalized spacial score (nSPS) is 12.1. The van der Waals surface area contributed by atoms with Crippen molar-refractivity contribution in [2.45, 2.75) is 45.4 Å². The Bertz CT molecular complexity index is 1000. The third-order valence-electron chi connectivity index (χ3n) is 5.55. The fraction of sp³-hybridized carbons (Fsp3) is 0.481. The van der Waals surface area contributed by atoms with E-state index in [0.29, 0.717) is 18.0 Å². The number of urea groups is 1. The number of ether oxygens (including phenoxy) is 3. The molecule has 0 radical (unpaired) electrons. The maximum absolute atomic E-state index is 12.9. The van der Waals surface area contributed by atoms with Gasteiger partial charge in [0, 0.05) is 38.3 Å². The van der Waals surface area contributed by atoms with Gasteiger partial charge in [-0.25, -0.2) is 9.59 Å². The lowest BCUT2D eigenvalue weighted by molar-refractivity contribution is -0.150. The molecule has 1 unspecified atom stereocenters. The van der Waals surface area contributed by atoms with Crippen LogP contribution in [0.5, 0.6) is 5.75 Å². The fourth-order valence-corrected chi connectivity index (χ4v) is 3.50. The van der Waals surface area contributed by atoms with Gasteiger partial charge in [-0.3, -0.25) is 0 Å². The number of carbonyl (C=O) groups excluding carboxylic acids is 1. The minimum atomic E-state index is -4.22. The van der Waals surface area contributed by atoms with E-state index in [-0.39, 0.29) is 51.8 Å². The maximum Gasteiger partial charge on any atom is 0.389 e. The van der Waals surface area contributed by atoms with Crippen LogP contribution in [-0.2, 0) is 20.7 Å². The summed E-state index contributed by atoms with van der Waals surface area (Å²) in [5.74, 6) is -0.486. The number of anilines is 1. The first-order chi connectivity index (χ1) is 18.1. The molecule has 11 heteroatoms. The van der Waals surface area contributed by atoms with Gasteiger partial charge in [0.1, 0.15) is 12.4 Å². The lowest BCUT2D eigenvalue weighted by Gasteiger charge is -2.24. The van der Waals surface area contributed by atoms with E-state index in [1.54, 1.807) is 43.3 Å². The molecule has 0 bridgehead atoms. The molecular formula is C27H35F3N2O6. The fourth-order valence-electron chi connectivity index (χ4n) is 3.50. The van der Waals surface area contributed by atoms with Gasteiger partial charge in [-0.15, -0.1) is 0 Å². The quantitative estimate of drug-likeness (QED) is 0.281. The molecule has 2 rings (SSSR count). The standard InChI is InChI=1S/C27H35F3N2O6/c1-3-37-24(25(33)34)19-21-9-11-22(12-10-21)38-18-15-32(14-17-36-16-6-13-27(28,29)30)26(35)31-23-8-5-4-7-20(23)2/h4-5,7-12,24H,3,6,13-19H2,1-2H3,(H,31,35)(H,33,34). The van der Waals surface area contributed by atoms with E-state index in [4.69, 9.17) is 14.2 Å². The van der Waals surface area contributed by atoms with Crippen LogP contribution in [0.1, 0.15) is 30.9 Å². The van der Waals surface area contributed by atoms with Gasteiger partial charge in [-0.1, -0.05) is 30.3 Å². The number of carboxylic acids is 1. The number of aryl methyl sites for hydroxylation is 1. The van der Waals surface area contributed by atoms with Crippen molar-refractivity contribution >= 4 is 17.7 Å². The number of hydrogen-bond acceptors (Lipinski definition) is 5. The highest BCUT2D eigenvalue weighted by Gasteiger charge is 2.26. The maximum atomic E-state index is 12.9. The van der Waals surface area contributed by atoms with Crippen LogP contribution in [-0.4, -0.2) is 73.8 Å². The number of alkyl halides is 3. The largest absolute Gasteiger partial charge is 0.492 e. The van der Waals surface area contributed by atoms with Crippen LogP contribution < -0.4 is 10.1 Å². The molecule has 8 nitrogen and oxygen atoms in total. The van der Waals surface area contributed by atoms with Crippen LogP contribution in [0, 0.1) is 6.92 Å². The number of rotatable bonds is 16. The van der Waals surface area contributed by atoms with Crippen LogP contribution in [0.3, 0.4) is 0 Å². The Balaban J connectivity index is 1.90. The van der Waals surface area contributed by atoms with E-state index >= 15 is 0 Å². The second-order valence-electron chi connectivity index (χ2n) is 8.54. The number of hydrogen-bond donors (Lipinski definition) is 2. The van der Waals surface area contributed by atoms with Gasteiger partial charge in [0.25, 0.3) is 0 Å². The first-order valence-corrected chi connectivity index (χ1v) is 12.4. The zero-order valence-electron chi connectivity index (χ0n) is 21.6. The molecule has 0 fully saturated rings. The summed E-state index contributed by atoms with van der Waals surface area (Å²) < 4.78 is 53.2. The molecule has 0 aromatic heterocycles. The summed E-state index contributed by atoms with van der Waals surface area (Å²) in [5.41, 5.74) is 2.31. The Hall–Kier alpha value is -3.31. The zero-order chi connectivity index (χ0) is 28.0. The monoisotopic (exact) mass is 540 g/mol. The predicted molar refractivity (Wildman–Crippen MR) is 137 cm³/mol. The predicted octanol–water partition coefficient (Wildman–Crippen LogP) is 5.30. The van der Waals surface area contributed by atoms with Gasteiger partial charge in [0.2, 0.25) is 0 Å². The summed E-state index contributed by atoms with van der Waals surface area (Å²) in [5, 5.41) is 12.1. The van der Waals surface area contributed by atoms with Crippen LogP contribution in [0.15, 0.2) is 48.5 Å². The molecule has 210 valence electrons. The first kappa shape index (κ1) is 30.9. The minimum absolute atomic E-state index is 0.0539. The van der Waals surface area contributed by atoms with Crippen molar-refractivity contribution in [1.29, 1.82) is 0 Å². The Morgan fingerprint density at radius 1 is 1.03 bits per heavy atom. The number of para-hydroxylation sites is 1. The highest BCUT2D eigenvalue weighted by atomic mass is 19.4. The molecule has 2 amide bonds. The Morgan fingerprint density at radius 3 is 2.34 bits per heavy atom. The highest BCUT2D eigenvalue weighted by Crippen LogP contribution is 2.21. The number of carboxylic acid groups (broad SMARTS) is 1. The van der Waals surface area contributed by atoms with Crippen LogP contribution in [0.2, 0.25) is 0 Å². The summed E-state index contributed by atoms with van der Waals surface area (Å²) in [6.07, 6.45) is -5.99. The third-order valence-corrected chi connectivity index (χ3v) is 5.55. The molecule has 38 heavy (non-hydrogen) atoms. The summed E-state index contributed by atoms with van der Waals surface area (Å²) in [6, 6.07) is 13.8. The first-order valence-electron chi connectivity index (χ1n) is 12.4. The van der Waals surface area contributed by atoms with Crippen LogP contribution in [0.4, 0.5) is 23.7 Å². The van der Waals surface area contributed by atoms with E-state index in [2.05, 4.69) is 5.32 Å². The molecule has 0 heterocycles. The number of nitrogens with one attached hydrogen (secondary N) is 1. The molecule has 2 aromatic rings. The lowest BCUT2D eigenvalue weighted by atomic mass is 10.1. The van der Waals surface area contributed by atoms with Crippen molar-refractivity contribution in [3.8, 4) is 5.75 Å². The second-order valence-corrected chi connectivity index (χ2v) is 8.54. The van der Waals surface area contributed by atoms with Gasteiger partial charge in [0.15, 0.2) is 6.10 Å². The van der Waals surface area contributed by atoms with Gasteiger partial charge in [0.05, 0.1) is 13.2 Å². The molecular weight excluding hydrogens is 505 g/mol. The number of benzene rings is 2. The average molecular weight is 541 g/mol. The Morgan fingerprint density at radius 2 is 1.71 bits per heavy atom. The van der Waals surface area contributed by atoms with Gasteiger partial charge in [-0.2, -0.15) is 13.2 Å².